The van der Waals surface area contributed by atoms with Gasteiger partial charge in [-0.2, -0.15) is 4.31 Å². The minimum Gasteiger partial charge on any atom is -0.365 e. The maximum Gasteiger partial charge on any atom is 0.254 e. The number of pyridine rings is 1. The van der Waals surface area contributed by atoms with Crippen molar-refractivity contribution in [1.82, 2.24) is 14.2 Å². The molecule has 9 heteroatoms. The van der Waals surface area contributed by atoms with Crippen molar-refractivity contribution in [3.05, 3.63) is 64.9 Å². The smallest absolute Gasteiger partial charge is 0.254 e. The monoisotopic (exact) mass is 433 g/mol. The minimum absolute atomic E-state index is 0.149. The van der Waals surface area contributed by atoms with Crippen LogP contribution in [0.1, 0.15) is 22.3 Å². The molecule has 3 fully saturated rings. The number of likely N-dealkylation sites (tertiary alicyclic amines) is 1. The van der Waals surface area contributed by atoms with Gasteiger partial charge in [-0.3, -0.25) is 9.78 Å². The molecular formula is C20H20ClN3O4S. The first-order chi connectivity index (χ1) is 13.9. The fourth-order valence-corrected chi connectivity index (χ4v) is 7.23. The molecule has 5 rings (SSSR count). The Hall–Kier alpha value is -2.00. The van der Waals surface area contributed by atoms with E-state index in [-0.39, 0.29) is 31.6 Å². The van der Waals surface area contributed by atoms with Gasteiger partial charge in [-0.25, -0.2) is 8.42 Å². The van der Waals surface area contributed by atoms with E-state index in [9.17, 15) is 13.2 Å². The van der Waals surface area contributed by atoms with Gasteiger partial charge >= 0.3 is 0 Å². The van der Waals surface area contributed by atoms with Crippen molar-refractivity contribution in [2.45, 2.75) is 29.9 Å². The zero-order valence-corrected chi connectivity index (χ0v) is 17.1. The Morgan fingerprint density at radius 3 is 2.90 bits per heavy atom. The molecule has 4 heterocycles. The number of ether oxygens (including phenoxy) is 1. The van der Waals surface area contributed by atoms with Crippen LogP contribution in [0.2, 0.25) is 5.02 Å². The molecule has 3 aliphatic rings. The van der Waals surface area contributed by atoms with E-state index in [4.69, 9.17) is 16.3 Å². The molecule has 152 valence electrons. The number of rotatable bonds is 3. The first-order valence-corrected chi connectivity index (χ1v) is 11.4. The summed E-state index contributed by atoms with van der Waals surface area (Å²) in [6.07, 6.45) is 3.46. The molecule has 2 aromatic rings. The first-order valence-electron chi connectivity index (χ1n) is 9.48. The molecule has 3 atom stereocenters. The van der Waals surface area contributed by atoms with Crippen molar-refractivity contribution in [1.29, 1.82) is 0 Å². The highest BCUT2D eigenvalue weighted by Gasteiger charge is 2.65. The van der Waals surface area contributed by atoms with Gasteiger partial charge in [-0.05, 0) is 36.2 Å². The molecule has 1 spiro atoms. The summed E-state index contributed by atoms with van der Waals surface area (Å²) in [5, 5.41) is -0.136. The zero-order chi connectivity index (χ0) is 20.2. The van der Waals surface area contributed by atoms with Crippen LogP contribution >= 0.6 is 11.6 Å². The molecule has 1 aromatic heterocycles. The molecule has 2 bridgehead atoms. The maximum atomic E-state index is 13.2. The van der Waals surface area contributed by atoms with Gasteiger partial charge < -0.3 is 9.64 Å². The number of halogens is 1. The third kappa shape index (κ3) is 3.15. The molecule has 3 aliphatic heterocycles. The van der Waals surface area contributed by atoms with Crippen LogP contribution in [0.25, 0.3) is 0 Å². The number of sulfonamides is 1. The molecule has 0 N–H and O–H groups in total. The van der Waals surface area contributed by atoms with E-state index in [1.165, 1.54) is 4.31 Å². The molecule has 0 aliphatic carbocycles. The quantitative estimate of drug-likeness (QED) is 0.739. The summed E-state index contributed by atoms with van der Waals surface area (Å²) in [5.41, 5.74) is 0.435. The normalized spacial score (nSPS) is 30.3. The standard InChI is InChI=1S/C20H20ClN3O4S/c21-16-5-1-4-15(7-16)19(25)23-11-17-8-18-20(12-23,28-17)13-24(29(18,26)27)10-14-3-2-6-22-9-14/h1-7,9,17-18H,8,10-13H2/t17-,18+,20+/m0/s1. The van der Waals surface area contributed by atoms with Gasteiger partial charge in [0.2, 0.25) is 10.0 Å². The van der Waals surface area contributed by atoms with E-state index in [1.54, 1.807) is 47.6 Å². The second kappa shape index (κ2) is 6.77. The molecule has 3 saturated heterocycles. The van der Waals surface area contributed by atoms with Crippen molar-refractivity contribution in [2.24, 2.45) is 0 Å². The van der Waals surface area contributed by atoms with E-state index in [1.807, 2.05) is 6.07 Å². The van der Waals surface area contributed by atoms with Crippen molar-refractivity contribution in [3.63, 3.8) is 0 Å². The zero-order valence-electron chi connectivity index (χ0n) is 15.6. The van der Waals surface area contributed by atoms with Gasteiger partial charge in [0.25, 0.3) is 5.91 Å². The maximum absolute atomic E-state index is 13.2. The summed E-state index contributed by atoms with van der Waals surface area (Å²) in [7, 11) is -3.53. The Kier molecular flexibility index (Phi) is 4.43. The van der Waals surface area contributed by atoms with Crippen LogP contribution in [0.15, 0.2) is 48.8 Å². The topological polar surface area (TPSA) is 79.8 Å². The molecule has 29 heavy (non-hydrogen) atoms. The molecule has 1 amide bonds. The fraction of sp³-hybridized carbons (Fsp3) is 0.400. The Morgan fingerprint density at radius 1 is 1.28 bits per heavy atom. The van der Waals surface area contributed by atoms with Gasteiger partial charge in [-0.15, -0.1) is 0 Å². The number of fused-ring (bicyclic) bond motifs is 1. The van der Waals surface area contributed by atoms with Crippen LogP contribution in [0.3, 0.4) is 0 Å². The van der Waals surface area contributed by atoms with E-state index < -0.39 is 20.9 Å². The third-order valence-electron chi connectivity index (χ3n) is 5.95. The summed E-state index contributed by atoms with van der Waals surface area (Å²) in [5.74, 6) is -0.149. The molecule has 7 nitrogen and oxygen atoms in total. The molecule has 0 unspecified atom stereocenters. The minimum atomic E-state index is -3.53. The summed E-state index contributed by atoms with van der Waals surface area (Å²) < 4.78 is 34.1. The first kappa shape index (κ1) is 19.0. The highest BCUT2D eigenvalue weighted by Crippen LogP contribution is 2.47. The lowest BCUT2D eigenvalue weighted by Gasteiger charge is -2.39. The number of nitrogens with zero attached hydrogens (tertiary/aromatic N) is 3. The Morgan fingerprint density at radius 2 is 2.14 bits per heavy atom. The van der Waals surface area contributed by atoms with Crippen LogP contribution in [-0.2, 0) is 21.3 Å². The van der Waals surface area contributed by atoms with Crippen LogP contribution in [0.5, 0.6) is 0 Å². The van der Waals surface area contributed by atoms with Gasteiger partial charge in [0.05, 0.1) is 12.6 Å². The van der Waals surface area contributed by atoms with Crippen molar-refractivity contribution < 1.29 is 17.9 Å². The van der Waals surface area contributed by atoms with E-state index in [0.717, 1.165) is 5.56 Å². The molecule has 1 aromatic carbocycles. The van der Waals surface area contributed by atoms with E-state index in [2.05, 4.69) is 4.98 Å². The van der Waals surface area contributed by atoms with Crippen LogP contribution < -0.4 is 0 Å². The van der Waals surface area contributed by atoms with Crippen LogP contribution in [0.4, 0.5) is 0 Å². The third-order valence-corrected chi connectivity index (χ3v) is 8.51. The fourth-order valence-electron chi connectivity index (χ4n) is 4.74. The van der Waals surface area contributed by atoms with Crippen LogP contribution in [0, 0.1) is 0 Å². The van der Waals surface area contributed by atoms with Gasteiger partial charge in [0.1, 0.15) is 10.9 Å². The lowest BCUT2D eigenvalue weighted by Crippen LogP contribution is -2.56. The number of hydrogen-bond donors (Lipinski definition) is 0. The number of carbonyl (C=O) groups excluding carboxylic acids is 1. The van der Waals surface area contributed by atoms with Crippen molar-refractivity contribution in [3.8, 4) is 0 Å². The lowest BCUT2D eigenvalue weighted by atomic mass is 9.99. The number of morpholine rings is 1. The highest BCUT2D eigenvalue weighted by molar-refractivity contribution is 7.90. The highest BCUT2D eigenvalue weighted by atomic mass is 35.5. The number of benzene rings is 1. The summed E-state index contributed by atoms with van der Waals surface area (Å²) in [6, 6.07) is 10.5. The lowest BCUT2D eigenvalue weighted by molar-refractivity contribution is -0.0980. The number of carbonyl (C=O) groups is 1. The summed E-state index contributed by atoms with van der Waals surface area (Å²) in [4.78, 5) is 18.8. The Balaban J connectivity index is 1.41. The van der Waals surface area contributed by atoms with Gasteiger partial charge in [-0.1, -0.05) is 23.7 Å². The molecular weight excluding hydrogens is 414 g/mol. The van der Waals surface area contributed by atoms with Crippen molar-refractivity contribution in [2.75, 3.05) is 19.6 Å². The summed E-state index contributed by atoms with van der Waals surface area (Å²) in [6.45, 7) is 1.14. The van der Waals surface area contributed by atoms with Gasteiger partial charge in [0.15, 0.2) is 0 Å². The molecule has 0 saturated carbocycles. The average molecular weight is 434 g/mol. The van der Waals surface area contributed by atoms with Gasteiger partial charge in [0, 0.05) is 42.6 Å². The average Bonchev–Trinajstić information content (AvgIpc) is 3.07. The second-order valence-electron chi connectivity index (χ2n) is 7.90. The largest absolute Gasteiger partial charge is 0.365 e. The van der Waals surface area contributed by atoms with Crippen molar-refractivity contribution >= 4 is 27.5 Å². The Labute approximate surface area is 174 Å². The van der Waals surface area contributed by atoms with Crippen LogP contribution in [-0.4, -0.2) is 65.1 Å². The van der Waals surface area contributed by atoms with E-state index >= 15 is 0 Å². The summed E-state index contributed by atoms with van der Waals surface area (Å²) >= 11 is 6.03. The predicted octanol–water partition coefficient (Wildman–Crippen LogP) is 1.93. The Bertz CT molecular complexity index is 1060. The molecule has 0 radical (unpaired) electrons. The number of amides is 1. The number of hydrogen-bond acceptors (Lipinski definition) is 5. The predicted molar refractivity (Wildman–Crippen MR) is 107 cm³/mol. The van der Waals surface area contributed by atoms with E-state index in [0.29, 0.717) is 23.6 Å². The second-order valence-corrected chi connectivity index (χ2v) is 10.5. The SMILES string of the molecule is O=C(c1cccc(Cl)c1)N1C[C@@H]2C[C@@H]3[C@@](C1)(CN(Cc1cccnc1)S3(=O)=O)O2. The number of aromatic nitrogens is 1.